The van der Waals surface area contributed by atoms with E-state index in [1.165, 1.54) is 11.8 Å². The molecule has 0 saturated carbocycles. The Morgan fingerprint density at radius 2 is 1.71 bits per heavy atom. The average molecular weight is 365 g/mol. The molecule has 0 aliphatic heterocycles. The van der Waals surface area contributed by atoms with Crippen LogP contribution >= 0.6 is 23.2 Å². The number of carbonyl (C=O) groups excluding carboxylic acids is 2. The summed E-state index contributed by atoms with van der Waals surface area (Å²) in [6.45, 7) is 1.88. The van der Waals surface area contributed by atoms with Crippen LogP contribution in [0.2, 0.25) is 10.0 Å². The number of hydrogen-bond acceptors (Lipinski definition) is 2. The zero-order chi connectivity index (χ0) is 17.5. The molecule has 2 aromatic rings. The van der Waals surface area contributed by atoms with Crippen LogP contribution in [0.1, 0.15) is 12.5 Å². The molecule has 0 heterocycles. The van der Waals surface area contributed by atoms with Crippen LogP contribution in [-0.2, 0) is 16.0 Å². The van der Waals surface area contributed by atoms with Gasteiger partial charge in [0, 0.05) is 29.2 Å². The SMILES string of the molecule is CC(=O)N(CCc1cccc(Cl)c1)CC(=O)Nc1cccc(Cl)c1. The van der Waals surface area contributed by atoms with Crippen molar-refractivity contribution in [1.82, 2.24) is 4.90 Å². The van der Waals surface area contributed by atoms with Crippen LogP contribution in [0.15, 0.2) is 48.5 Å². The number of nitrogens with zero attached hydrogens (tertiary/aromatic N) is 1. The van der Waals surface area contributed by atoms with Crippen LogP contribution in [0.5, 0.6) is 0 Å². The summed E-state index contributed by atoms with van der Waals surface area (Å²) in [7, 11) is 0. The summed E-state index contributed by atoms with van der Waals surface area (Å²) < 4.78 is 0. The molecule has 126 valence electrons. The van der Waals surface area contributed by atoms with Gasteiger partial charge in [0.1, 0.15) is 0 Å². The van der Waals surface area contributed by atoms with E-state index in [1.54, 1.807) is 30.3 Å². The predicted molar refractivity (Wildman–Crippen MR) is 97.5 cm³/mol. The van der Waals surface area contributed by atoms with Gasteiger partial charge in [0.2, 0.25) is 11.8 Å². The number of hydrogen-bond donors (Lipinski definition) is 1. The predicted octanol–water partition coefficient (Wildman–Crippen LogP) is 4.02. The lowest BCUT2D eigenvalue weighted by atomic mass is 10.1. The summed E-state index contributed by atoms with van der Waals surface area (Å²) >= 11 is 11.8. The highest BCUT2D eigenvalue weighted by molar-refractivity contribution is 6.31. The molecule has 0 fully saturated rings. The van der Waals surface area contributed by atoms with Crippen molar-refractivity contribution in [1.29, 1.82) is 0 Å². The lowest BCUT2D eigenvalue weighted by molar-refractivity contribution is -0.132. The van der Waals surface area contributed by atoms with E-state index >= 15 is 0 Å². The number of rotatable bonds is 6. The third kappa shape index (κ3) is 5.87. The average Bonchev–Trinajstić information content (AvgIpc) is 2.51. The van der Waals surface area contributed by atoms with Gasteiger partial charge in [-0.3, -0.25) is 9.59 Å². The number of nitrogens with one attached hydrogen (secondary N) is 1. The van der Waals surface area contributed by atoms with Gasteiger partial charge in [-0.05, 0) is 42.3 Å². The molecule has 0 saturated heterocycles. The van der Waals surface area contributed by atoms with Gasteiger partial charge in [0.15, 0.2) is 0 Å². The summed E-state index contributed by atoms with van der Waals surface area (Å²) in [5.74, 6) is -0.420. The summed E-state index contributed by atoms with van der Waals surface area (Å²) in [6.07, 6.45) is 0.630. The maximum atomic E-state index is 12.1. The Morgan fingerprint density at radius 1 is 1.04 bits per heavy atom. The Hall–Kier alpha value is -2.04. The first-order chi connectivity index (χ1) is 11.4. The summed E-state index contributed by atoms with van der Waals surface area (Å²) in [6, 6.07) is 14.3. The first kappa shape index (κ1) is 18.3. The fraction of sp³-hybridized carbons (Fsp3) is 0.222. The molecule has 0 atom stereocenters. The van der Waals surface area contributed by atoms with Crippen molar-refractivity contribution >= 4 is 40.7 Å². The van der Waals surface area contributed by atoms with Gasteiger partial charge in [-0.25, -0.2) is 0 Å². The molecule has 0 bridgehead atoms. The maximum absolute atomic E-state index is 12.1. The Balaban J connectivity index is 1.93. The highest BCUT2D eigenvalue weighted by Crippen LogP contribution is 2.15. The minimum absolute atomic E-state index is 0.0115. The van der Waals surface area contributed by atoms with Gasteiger partial charge in [0.05, 0.1) is 6.54 Å². The minimum Gasteiger partial charge on any atom is -0.333 e. The lowest BCUT2D eigenvalue weighted by Crippen LogP contribution is -2.38. The summed E-state index contributed by atoms with van der Waals surface area (Å²) in [4.78, 5) is 25.4. The van der Waals surface area contributed by atoms with Crippen molar-refractivity contribution in [3.8, 4) is 0 Å². The molecule has 24 heavy (non-hydrogen) atoms. The third-order valence-electron chi connectivity index (χ3n) is 3.45. The maximum Gasteiger partial charge on any atom is 0.243 e. The quantitative estimate of drug-likeness (QED) is 0.841. The van der Waals surface area contributed by atoms with Crippen molar-refractivity contribution in [3.63, 3.8) is 0 Å². The van der Waals surface area contributed by atoms with Crippen molar-refractivity contribution in [3.05, 3.63) is 64.1 Å². The van der Waals surface area contributed by atoms with E-state index in [-0.39, 0.29) is 18.4 Å². The first-order valence-corrected chi connectivity index (χ1v) is 8.25. The van der Waals surface area contributed by atoms with Gasteiger partial charge in [-0.2, -0.15) is 0 Å². The molecule has 0 radical (unpaired) electrons. The molecule has 0 aliphatic carbocycles. The fourth-order valence-electron chi connectivity index (χ4n) is 2.24. The van der Waals surface area contributed by atoms with Gasteiger partial charge >= 0.3 is 0 Å². The second-order valence-electron chi connectivity index (χ2n) is 5.38. The van der Waals surface area contributed by atoms with Crippen LogP contribution in [0.4, 0.5) is 5.69 Å². The fourth-order valence-corrected chi connectivity index (χ4v) is 2.65. The van der Waals surface area contributed by atoms with E-state index < -0.39 is 0 Å². The second-order valence-corrected chi connectivity index (χ2v) is 6.25. The van der Waals surface area contributed by atoms with E-state index in [9.17, 15) is 9.59 Å². The molecular formula is C18H18Cl2N2O2. The molecule has 1 N–H and O–H groups in total. The molecular weight excluding hydrogens is 347 g/mol. The van der Waals surface area contributed by atoms with Gasteiger partial charge in [-0.1, -0.05) is 41.4 Å². The first-order valence-electron chi connectivity index (χ1n) is 7.49. The van der Waals surface area contributed by atoms with Gasteiger partial charge < -0.3 is 10.2 Å². The molecule has 4 nitrogen and oxygen atoms in total. The van der Waals surface area contributed by atoms with Crippen LogP contribution in [0, 0.1) is 0 Å². The van der Waals surface area contributed by atoms with E-state index in [2.05, 4.69) is 5.32 Å². The number of benzene rings is 2. The zero-order valence-electron chi connectivity index (χ0n) is 13.3. The molecule has 0 aromatic heterocycles. The van der Waals surface area contributed by atoms with Crippen molar-refractivity contribution in [2.24, 2.45) is 0 Å². The van der Waals surface area contributed by atoms with Gasteiger partial charge in [-0.15, -0.1) is 0 Å². The molecule has 0 unspecified atom stereocenters. The van der Waals surface area contributed by atoms with E-state index in [0.29, 0.717) is 28.7 Å². The molecule has 0 spiro atoms. The molecule has 2 rings (SSSR count). The van der Waals surface area contributed by atoms with E-state index in [4.69, 9.17) is 23.2 Å². The van der Waals surface area contributed by atoms with Crippen molar-refractivity contribution in [2.75, 3.05) is 18.4 Å². The highest BCUT2D eigenvalue weighted by atomic mass is 35.5. The smallest absolute Gasteiger partial charge is 0.243 e. The largest absolute Gasteiger partial charge is 0.333 e. The monoisotopic (exact) mass is 364 g/mol. The Morgan fingerprint density at radius 3 is 2.33 bits per heavy atom. The minimum atomic E-state index is -0.265. The van der Waals surface area contributed by atoms with Gasteiger partial charge in [0.25, 0.3) is 0 Å². The van der Waals surface area contributed by atoms with Crippen molar-refractivity contribution in [2.45, 2.75) is 13.3 Å². The Bertz CT molecular complexity index is 734. The summed E-state index contributed by atoms with van der Waals surface area (Å²) in [5, 5.41) is 3.93. The van der Waals surface area contributed by atoms with Crippen LogP contribution in [-0.4, -0.2) is 29.8 Å². The molecule has 2 amide bonds. The van der Waals surface area contributed by atoms with Crippen LogP contribution in [0.25, 0.3) is 0 Å². The standard InChI is InChI=1S/C18H18Cl2N2O2/c1-13(23)22(9-8-14-4-2-5-15(19)10-14)12-18(24)21-17-7-3-6-16(20)11-17/h2-7,10-11H,8-9,12H2,1H3,(H,21,24). The van der Waals surface area contributed by atoms with Crippen LogP contribution < -0.4 is 5.32 Å². The van der Waals surface area contributed by atoms with Crippen LogP contribution in [0.3, 0.4) is 0 Å². The van der Waals surface area contributed by atoms with E-state index in [0.717, 1.165) is 5.56 Å². The highest BCUT2D eigenvalue weighted by Gasteiger charge is 2.14. The number of carbonyl (C=O) groups is 2. The molecule has 0 aliphatic rings. The van der Waals surface area contributed by atoms with E-state index in [1.807, 2.05) is 18.2 Å². The number of amides is 2. The van der Waals surface area contributed by atoms with Crippen molar-refractivity contribution < 1.29 is 9.59 Å². The normalized spacial score (nSPS) is 10.3. The number of anilines is 1. The molecule has 2 aromatic carbocycles. The number of halogens is 2. The Kier molecular flexibility index (Phi) is 6.64. The zero-order valence-corrected chi connectivity index (χ0v) is 14.8. The summed E-state index contributed by atoms with van der Waals surface area (Å²) in [5.41, 5.74) is 1.62. The Labute approximate surface area is 151 Å². The topological polar surface area (TPSA) is 49.4 Å². The second kappa shape index (κ2) is 8.71. The molecule has 6 heteroatoms. The lowest BCUT2D eigenvalue weighted by Gasteiger charge is -2.20. The third-order valence-corrected chi connectivity index (χ3v) is 3.92.